The highest BCUT2D eigenvalue weighted by Crippen LogP contribution is 2.40. The number of aryl methyl sites for hydroxylation is 1. The molecular weight excluding hydrogens is 244 g/mol. The predicted molar refractivity (Wildman–Crippen MR) is 72.9 cm³/mol. The second-order valence-corrected chi connectivity index (χ2v) is 4.65. The number of hydrogen-bond acceptors (Lipinski definition) is 4. The molecule has 0 unspecified atom stereocenters. The van der Waals surface area contributed by atoms with Crippen LogP contribution >= 0.6 is 0 Å². The summed E-state index contributed by atoms with van der Waals surface area (Å²) in [6, 6.07) is 8.09. The lowest BCUT2D eigenvalue weighted by Gasteiger charge is -2.09. The first-order valence-corrected chi connectivity index (χ1v) is 5.78. The van der Waals surface area contributed by atoms with Crippen LogP contribution in [0.2, 0.25) is 0 Å². The maximum absolute atomic E-state index is 9.96. The van der Waals surface area contributed by atoms with Gasteiger partial charge in [0, 0.05) is 5.39 Å². The van der Waals surface area contributed by atoms with Crippen molar-refractivity contribution >= 4 is 21.5 Å². The Morgan fingerprint density at radius 3 is 1.84 bits per heavy atom. The standard InChI is InChI=1S/C15H12O4/c1-7-2-10-3-8-5-12(16)13(17)6-9(8)4-11(10)15(19)14(7)18/h2-6,16-19H,1H3. The van der Waals surface area contributed by atoms with Gasteiger partial charge in [0.25, 0.3) is 0 Å². The van der Waals surface area contributed by atoms with Gasteiger partial charge in [-0.05, 0) is 59.0 Å². The van der Waals surface area contributed by atoms with Crippen molar-refractivity contribution in [1.82, 2.24) is 0 Å². The van der Waals surface area contributed by atoms with Crippen LogP contribution in [0.25, 0.3) is 21.5 Å². The van der Waals surface area contributed by atoms with Crippen LogP contribution in [0.1, 0.15) is 5.56 Å². The molecule has 0 aromatic heterocycles. The number of hydrogen-bond donors (Lipinski definition) is 4. The number of aromatic hydroxyl groups is 4. The molecule has 4 N–H and O–H groups in total. The molecule has 0 amide bonds. The molecule has 0 atom stereocenters. The van der Waals surface area contributed by atoms with Gasteiger partial charge in [-0.15, -0.1) is 0 Å². The summed E-state index contributed by atoms with van der Waals surface area (Å²) in [7, 11) is 0. The minimum absolute atomic E-state index is 0.144. The topological polar surface area (TPSA) is 80.9 Å². The molecule has 3 aromatic carbocycles. The molecule has 0 saturated carbocycles. The minimum atomic E-state index is -0.220. The summed E-state index contributed by atoms with van der Waals surface area (Å²) in [6.07, 6.45) is 0. The SMILES string of the molecule is Cc1cc2cc3cc(O)c(O)cc3cc2c(O)c1O. The highest BCUT2D eigenvalue weighted by atomic mass is 16.3. The van der Waals surface area contributed by atoms with Crippen LogP contribution in [-0.4, -0.2) is 20.4 Å². The summed E-state index contributed by atoms with van der Waals surface area (Å²) < 4.78 is 0. The zero-order valence-electron chi connectivity index (χ0n) is 10.2. The van der Waals surface area contributed by atoms with E-state index in [0.717, 1.165) is 10.8 Å². The average Bonchev–Trinajstić information content (AvgIpc) is 2.37. The van der Waals surface area contributed by atoms with E-state index in [-0.39, 0.29) is 23.0 Å². The molecule has 0 bridgehead atoms. The third-order valence-electron chi connectivity index (χ3n) is 3.33. The van der Waals surface area contributed by atoms with Crippen molar-refractivity contribution in [3.63, 3.8) is 0 Å². The molecule has 3 aromatic rings. The van der Waals surface area contributed by atoms with Crippen LogP contribution in [0.15, 0.2) is 30.3 Å². The van der Waals surface area contributed by atoms with Crippen LogP contribution < -0.4 is 0 Å². The molecule has 4 nitrogen and oxygen atoms in total. The second kappa shape index (κ2) is 3.68. The Kier molecular flexibility index (Phi) is 2.22. The molecule has 0 fully saturated rings. The third-order valence-corrected chi connectivity index (χ3v) is 3.33. The van der Waals surface area contributed by atoms with E-state index in [2.05, 4.69) is 0 Å². The Bertz CT molecular complexity index is 822. The monoisotopic (exact) mass is 256 g/mol. The van der Waals surface area contributed by atoms with E-state index >= 15 is 0 Å². The zero-order chi connectivity index (χ0) is 13.7. The van der Waals surface area contributed by atoms with Crippen LogP contribution in [0.4, 0.5) is 0 Å². The van der Waals surface area contributed by atoms with E-state index in [9.17, 15) is 20.4 Å². The van der Waals surface area contributed by atoms with Gasteiger partial charge in [0.1, 0.15) is 0 Å². The largest absolute Gasteiger partial charge is 0.504 e. The lowest BCUT2D eigenvalue weighted by atomic mass is 10.00. The van der Waals surface area contributed by atoms with Gasteiger partial charge in [0.15, 0.2) is 23.0 Å². The van der Waals surface area contributed by atoms with Gasteiger partial charge in [-0.2, -0.15) is 0 Å². The van der Waals surface area contributed by atoms with Crippen molar-refractivity contribution < 1.29 is 20.4 Å². The van der Waals surface area contributed by atoms with Gasteiger partial charge in [-0.25, -0.2) is 0 Å². The number of rotatable bonds is 0. The van der Waals surface area contributed by atoms with Crippen molar-refractivity contribution in [2.75, 3.05) is 0 Å². The molecular formula is C15H12O4. The number of fused-ring (bicyclic) bond motifs is 2. The van der Waals surface area contributed by atoms with E-state index in [1.165, 1.54) is 12.1 Å². The van der Waals surface area contributed by atoms with E-state index in [1.807, 2.05) is 0 Å². The van der Waals surface area contributed by atoms with Gasteiger partial charge in [-0.3, -0.25) is 0 Å². The molecule has 0 aliphatic carbocycles. The van der Waals surface area contributed by atoms with Crippen molar-refractivity contribution in [3.8, 4) is 23.0 Å². The first-order chi connectivity index (χ1) is 8.97. The quantitative estimate of drug-likeness (QED) is 0.368. The molecule has 0 heterocycles. The molecule has 0 spiro atoms. The summed E-state index contributed by atoms with van der Waals surface area (Å²) in [5, 5.41) is 41.4. The normalized spacial score (nSPS) is 11.2. The van der Waals surface area contributed by atoms with Crippen LogP contribution in [0, 0.1) is 6.92 Å². The third kappa shape index (κ3) is 1.61. The molecule has 96 valence electrons. The lowest BCUT2D eigenvalue weighted by Crippen LogP contribution is -1.82. The maximum Gasteiger partial charge on any atom is 0.165 e. The fraction of sp³-hybridized carbons (Fsp3) is 0.0667. The fourth-order valence-electron chi connectivity index (χ4n) is 2.28. The molecule has 0 aliphatic heterocycles. The van der Waals surface area contributed by atoms with Crippen molar-refractivity contribution in [1.29, 1.82) is 0 Å². The van der Waals surface area contributed by atoms with Gasteiger partial charge in [-0.1, -0.05) is 0 Å². The van der Waals surface area contributed by atoms with Crippen LogP contribution in [0.3, 0.4) is 0 Å². The summed E-state index contributed by atoms with van der Waals surface area (Å²) >= 11 is 0. The number of phenolic OH excluding ortho intramolecular Hbond substituents is 4. The highest BCUT2D eigenvalue weighted by molar-refractivity contribution is 6.03. The van der Waals surface area contributed by atoms with Gasteiger partial charge in [0.2, 0.25) is 0 Å². The van der Waals surface area contributed by atoms with E-state index in [4.69, 9.17) is 0 Å². The van der Waals surface area contributed by atoms with E-state index < -0.39 is 0 Å². The van der Waals surface area contributed by atoms with Gasteiger partial charge < -0.3 is 20.4 Å². The minimum Gasteiger partial charge on any atom is -0.504 e. The first kappa shape index (κ1) is 11.5. The summed E-state index contributed by atoms with van der Waals surface area (Å²) in [5.41, 5.74) is 0.576. The molecule has 0 aliphatic rings. The lowest BCUT2D eigenvalue weighted by molar-refractivity contribution is 0.404. The Hall–Kier alpha value is -2.62. The van der Waals surface area contributed by atoms with Gasteiger partial charge >= 0.3 is 0 Å². The molecule has 0 radical (unpaired) electrons. The first-order valence-electron chi connectivity index (χ1n) is 5.78. The highest BCUT2D eigenvalue weighted by Gasteiger charge is 2.11. The Morgan fingerprint density at radius 2 is 1.21 bits per heavy atom. The molecule has 4 heteroatoms. The van der Waals surface area contributed by atoms with Crippen LogP contribution in [0.5, 0.6) is 23.0 Å². The summed E-state index contributed by atoms with van der Waals surface area (Å²) in [5.74, 6) is -0.728. The van der Waals surface area contributed by atoms with E-state index in [0.29, 0.717) is 16.3 Å². The van der Waals surface area contributed by atoms with Gasteiger partial charge in [0.05, 0.1) is 0 Å². The average molecular weight is 256 g/mol. The Morgan fingerprint density at radius 1 is 0.632 bits per heavy atom. The summed E-state index contributed by atoms with van der Waals surface area (Å²) in [4.78, 5) is 0. The zero-order valence-corrected chi connectivity index (χ0v) is 10.2. The molecule has 3 rings (SSSR count). The van der Waals surface area contributed by atoms with E-state index in [1.54, 1.807) is 25.1 Å². The summed E-state index contributed by atoms with van der Waals surface area (Å²) in [6.45, 7) is 1.70. The number of phenols is 4. The fourth-order valence-corrected chi connectivity index (χ4v) is 2.28. The van der Waals surface area contributed by atoms with Crippen molar-refractivity contribution in [2.45, 2.75) is 6.92 Å². The second-order valence-electron chi connectivity index (χ2n) is 4.65. The predicted octanol–water partition coefficient (Wildman–Crippen LogP) is 3.12. The van der Waals surface area contributed by atoms with Crippen molar-refractivity contribution in [3.05, 3.63) is 35.9 Å². The maximum atomic E-state index is 9.96. The molecule has 0 saturated heterocycles. The molecule has 19 heavy (non-hydrogen) atoms. The van der Waals surface area contributed by atoms with Crippen LogP contribution in [-0.2, 0) is 0 Å². The number of benzene rings is 3. The Balaban J connectivity index is 2.48. The van der Waals surface area contributed by atoms with Crippen molar-refractivity contribution in [2.24, 2.45) is 0 Å². The Labute approximate surface area is 108 Å². The smallest absolute Gasteiger partial charge is 0.165 e.